The molecule has 0 saturated carbocycles. The van der Waals surface area contributed by atoms with Gasteiger partial charge in [-0.15, -0.1) is 11.3 Å². The zero-order chi connectivity index (χ0) is 25.2. The van der Waals surface area contributed by atoms with Crippen molar-refractivity contribution in [1.82, 2.24) is 20.1 Å². The number of unbranched alkanes of at least 4 members (excludes halogenated alkanes) is 1. The molecule has 1 aromatic carbocycles. The number of carbonyl (C=O) groups is 4. The van der Waals surface area contributed by atoms with Gasteiger partial charge in [-0.05, 0) is 25.8 Å². The Bertz CT molecular complexity index is 1030. The summed E-state index contributed by atoms with van der Waals surface area (Å²) in [4.78, 5) is 56.1. The molecule has 0 bridgehead atoms. The number of carbonyl (C=O) groups excluding carboxylic acids is 2. The number of aryl methyl sites for hydroxylation is 1. The summed E-state index contributed by atoms with van der Waals surface area (Å²) < 4.78 is 0. The van der Waals surface area contributed by atoms with Crippen LogP contribution < -0.4 is 5.32 Å². The van der Waals surface area contributed by atoms with Crippen LogP contribution in [-0.2, 0) is 20.8 Å². The van der Waals surface area contributed by atoms with Gasteiger partial charge in [0.15, 0.2) is 0 Å². The van der Waals surface area contributed by atoms with E-state index in [0.29, 0.717) is 42.5 Å². The number of aliphatic carboxylic acids is 2. The fourth-order valence-electron chi connectivity index (χ4n) is 3.81. The number of aromatic nitrogens is 1. The van der Waals surface area contributed by atoms with Crippen LogP contribution in [0.15, 0.2) is 30.3 Å². The van der Waals surface area contributed by atoms with Crippen molar-refractivity contribution in [1.29, 1.82) is 0 Å². The molecule has 0 atom stereocenters. The van der Waals surface area contributed by atoms with Crippen LogP contribution >= 0.6 is 11.3 Å². The monoisotopic (exact) mass is 502 g/mol. The predicted molar refractivity (Wildman–Crippen MR) is 130 cm³/mol. The number of hydrogen-bond acceptors (Lipinski definition) is 7. The van der Waals surface area contributed by atoms with Crippen molar-refractivity contribution in [3.8, 4) is 10.6 Å². The highest BCUT2D eigenvalue weighted by Gasteiger charge is 2.23. The molecule has 2 heterocycles. The smallest absolute Gasteiger partial charge is 0.303 e. The highest BCUT2D eigenvalue weighted by atomic mass is 32.1. The Morgan fingerprint density at radius 3 is 2.29 bits per heavy atom. The maximum Gasteiger partial charge on any atom is 0.303 e. The van der Waals surface area contributed by atoms with E-state index >= 15 is 0 Å². The second kappa shape index (κ2) is 13.0. The second-order valence-electron chi connectivity index (χ2n) is 8.31. The molecule has 1 saturated heterocycles. The molecule has 11 heteroatoms. The van der Waals surface area contributed by atoms with Gasteiger partial charge >= 0.3 is 11.9 Å². The van der Waals surface area contributed by atoms with Crippen molar-refractivity contribution in [2.45, 2.75) is 32.1 Å². The van der Waals surface area contributed by atoms with E-state index in [1.807, 2.05) is 30.3 Å². The lowest BCUT2D eigenvalue weighted by atomic mass is 10.2. The van der Waals surface area contributed by atoms with E-state index in [4.69, 9.17) is 10.2 Å². The average molecular weight is 503 g/mol. The summed E-state index contributed by atoms with van der Waals surface area (Å²) in [7, 11) is 0. The Morgan fingerprint density at radius 1 is 0.943 bits per heavy atom. The Kier molecular flexibility index (Phi) is 9.74. The highest BCUT2D eigenvalue weighted by Crippen LogP contribution is 2.29. The first-order valence-electron chi connectivity index (χ1n) is 11.6. The molecule has 0 radical (unpaired) electrons. The number of piperazine rings is 1. The molecule has 1 aromatic heterocycles. The molecule has 2 aromatic rings. The number of carboxylic acids is 2. The van der Waals surface area contributed by atoms with Gasteiger partial charge in [0.2, 0.25) is 5.91 Å². The summed E-state index contributed by atoms with van der Waals surface area (Å²) in [5, 5.41) is 21.0. The Labute approximate surface area is 207 Å². The Balaban J connectivity index is 1.52. The van der Waals surface area contributed by atoms with Crippen LogP contribution in [-0.4, -0.2) is 88.0 Å². The molecular weight excluding hydrogens is 472 g/mol. The maximum absolute atomic E-state index is 12.9. The first kappa shape index (κ1) is 26.3. The van der Waals surface area contributed by atoms with E-state index in [1.54, 1.807) is 4.90 Å². The van der Waals surface area contributed by atoms with E-state index < -0.39 is 17.8 Å². The summed E-state index contributed by atoms with van der Waals surface area (Å²) in [6, 6.07) is 9.35. The minimum Gasteiger partial charge on any atom is -0.481 e. The molecule has 1 aliphatic rings. The molecule has 35 heavy (non-hydrogen) atoms. The van der Waals surface area contributed by atoms with Gasteiger partial charge in [0.05, 0.1) is 13.0 Å². The lowest BCUT2D eigenvalue weighted by Crippen LogP contribution is -2.51. The summed E-state index contributed by atoms with van der Waals surface area (Å²) in [5.41, 5.74) is 0.999. The molecule has 1 aliphatic heterocycles. The zero-order valence-corrected chi connectivity index (χ0v) is 20.3. The van der Waals surface area contributed by atoms with Gasteiger partial charge < -0.3 is 20.4 Å². The summed E-state index contributed by atoms with van der Waals surface area (Å²) in [6.07, 6.45) is 1.68. The lowest BCUT2D eigenvalue weighted by molar-refractivity contribution is -0.138. The standard InChI is InChI=1S/C24H30N4O6S/c29-19(28-14-12-27(13-15-28)11-5-4-8-20(30)31)16-25-23(34)22-18(9-10-21(32)33)35-24(26-22)17-6-2-1-3-7-17/h1-3,6-7H,4-5,8-16H2,(H,25,34)(H,30,31)(H,32,33). The molecule has 1 fully saturated rings. The fourth-order valence-corrected chi connectivity index (χ4v) is 4.87. The number of thiazole rings is 1. The zero-order valence-electron chi connectivity index (χ0n) is 19.4. The highest BCUT2D eigenvalue weighted by molar-refractivity contribution is 7.15. The lowest BCUT2D eigenvalue weighted by Gasteiger charge is -2.34. The van der Waals surface area contributed by atoms with Gasteiger partial charge in [-0.3, -0.25) is 24.1 Å². The van der Waals surface area contributed by atoms with Crippen molar-refractivity contribution in [3.63, 3.8) is 0 Å². The van der Waals surface area contributed by atoms with Gasteiger partial charge in [0.25, 0.3) is 5.91 Å². The molecule has 0 unspecified atom stereocenters. The third kappa shape index (κ3) is 8.15. The largest absolute Gasteiger partial charge is 0.481 e. The van der Waals surface area contributed by atoms with Crippen molar-refractivity contribution in [3.05, 3.63) is 40.9 Å². The minimum atomic E-state index is -0.956. The molecule has 188 valence electrons. The van der Waals surface area contributed by atoms with Gasteiger partial charge in [-0.2, -0.15) is 0 Å². The topological polar surface area (TPSA) is 140 Å². The summed E-state index contributed by atoms with van der Waals surface area (Å²) >= 11 is 1.29. The van der Waals surface area contributed by atoms with E-state index in [-0.39, 0.29) is 37.4 Å². The van der Waals surface area contributed by atoms with Crippen molar-refractivity contribution in [2.75, 3.05) is 39.3 Å². The number of amides is 2. The summed E-state index contributed by atoms with van der Waals surface area (Å²) in [5.74, 6) is -2.42. The average Bonchev–Trinajstić information content (AvgIpc) is 3.29. The first-order valence-corrected chi connectivity index (χ1v) is 12.4. The molecule has 3 rings (SSSR count). The fraction of sp³-hybridized carbons (Fsp3) is 0.458. The Hall–Kier alpha value is -3.31. The minimum absolute atomic E-state index is 0.115. The number of nitrogens with zero attached hydrogens (tertiary/aromatic N) is 3. The number of rotatable bonds is 12. The molecular formula is C24H30N4O6S. The van der Waals surface area contributed by atoms with Crippen molar-refractivity contribution in [2.24, 2.45) is 0 Å². The van der Waals surface area contributed by atoms with E-state index in [9.17, 15) is 19.2 Å². The van der Waals surface area contributed by atoms with Gasteiger partial charge in [0, 0.05) is 43.0 Å². The first-order chi connectivity index (χ1) is 16.8. The van der Waals surface area contributed by atoms with Crippen LogP contribution in [0.5, 0.6) is 0 Å². The quantitative estimate of drug-likeness (QED) is 0.374. The second-order valence-corrected chi connectivity index (χ2v) is 9.39. The molecule has 0 spiro atoms. The molecule has 2 amide bonds. The summed E-state index contributed by atoms with van der Waals surface area (Å²) in [6.45, 7) is 3.16. The maximum atomic E-state index is 12.9. The third-order valence-corrected chi connectivity index (χ3v) is 6.90. The van der Waals surface area contributed by atoms with Gasteiger partial charge in [-0.25, -0.2) is 4.98 Å². The number of nitrogens with one attached hydrogen (secondary N) is 1. The van der Waals surface area contributed by atoms with E-state index in [0.717, 1.165) is 18.5 Å². The predicted octanol–water partition coefficient (Wildman–Crippen LogP) is 1.96. The van der Waals surface area contributed by atoms with Crippen LogP contribution in [0.2, 0.25) is 0 Å². The van der Waals surface area contributed by atoms with E-state index in [1.165, 1.54) is 11.3 Å². The van der Waals surface area contributed by atoms with E-state index in [2.05, 4.69) is 15.2 Å². The molecule has 10 nitrogen and oxygen atoms in total. The number of hydrogen-bond donors (Lipinski definition) is 3. The SMILES string of the molecule is O=C(O)CCCCN1CCN(C(=O)CNC(=O)c2nc(-c3ccccc3)sc2CCC(=O)O)CC1. The normalized spacial score (nSPS) is 14.0. The van der Waals surface area contributed by atoms with Crippen molar-refractivity contribution < 1.29 is 29.4 Å². The van der Waals surface area contributed by atoms with Crippen LogP contribution in [0.3, 0.4) is 0 Å². The van der Waals surface area contributed by atoms with Crippen LogP contribution in [0.1, 0.15) is 41.0 Å². The number of carboxylic acid groups (broad SMARTS) is 2. The number of benzene rings is 1. The third-order valence-electron chi connectivity index (χ3n) is 5.74. The van der Waals surface area contributed by atoms with Gasteiger partial charge in [-0.1, -0.05) is 30.3 Å². The molecule has 3 N–H and O–H groups in total. The Morgan fingerprint density at radius 2 is 1.63 bits per heavy atom. The van der Waals surface area contributed by atoms with Crippen LogP contribution in [0.25, 0.3) is 10.6 Å². The van der Waals surface area contributed by atoms with Gasteiger partial charge in [0.1, 0.15) is 10.7 Å². The van der Waals surface area contributed by atoms with Crippen molar-refractivity contribution >= 4 is 35.1 Å². The van der Waals surface area contributed by atoms with Crippen LogP contribution in [0.4, 0.5) is 0 Å². The van der Waals surface area contributed by atoms with Crippen LogP contribution in [0, 0.1) is 0 Å². The molecule has 0 aliphatic carbocycles.